The molecule has 3 heteroatoms. The zero-order valence-corrected chi connectivity index (χ0v) is 8.85. The second-order valence-electron chi connectivity index (χ2n) is 3.98. The predicted molar refractivity (Wildman–Crippen MR) is 54.1 cm³/mol. The Balaban J connectivity index is 2.95. The van der Waals surface area contributed by atoms with E-state index in [2.05, 4.69) is 6.07 Å². The largest absolute Gasteiger partial charge is 0.207 e. The highest BCUT2D eigenvalue weighted by Crippen LogP contribution is 2.26. The van der Waals surface area contributed by atoms with E-state index in [1.165, 1.54) is 12.1 Å². The van der Waals surface area contributed by atoms with E-state index in [4.69, 9.17) is 5.26 Å². The number of benzene rings is 1. The van der Waals surface area contributed by atoms with Crippen molar-refractivity contribution in [3.8, 4) is 6.07 Å². The molecule has 80 valence electrons. The maximum atomic E-state index is 12.9. The molecule has 1 unspecified atom stereocenters. The Kier molecular flexibility index (Phi) is 3.41. The minimum atomic E-state index is -0.596. The molecule has 0 aliphatic carbocycles. The molecule has 1 rings (SSSR count). The van der Waals surface area contributed by atoms with Crippen molar-refractivity contribution in [2.75, 3.05) is 0 Å². The molecule has 0 saturated heterocycles. The molecule has 0 bridgehead atoms. The minimum absolute atomic E-state index is 0.370. The average molecular weight is 209 g/mol. The van der Waals surface area contributed by atoms with Gasteiger partial charge in [0.25, 0.3) is 0 Å². The first-order valence-corrected chi connectivity index (χ1v) is 4.85. The Morgan fingerprint density at radius 2 is 1.80 bits per heavy atom. The lowest BCUT2D eigenvalue weighted by Crippen LogP contribution is -2.16. The lowest BCUT2D eigenvalue weighted by Gasteiger charge is -2.19. The highest BCUT2D eigenvalue weighted by molar-refractivity contribution is 5.21. The molecule has 0 N–H and O–H groups in total. The zero-order chi connectivity index (χ0) is 11.5. The van der Waals surface area contributed by atoms with Crippen LogP contribution in [0, 0.1) is 28.4 Å². The van der Waals surface area contributed by atoms with Gasteiger partial charge in [-0.05, 0) is 37.5 Å². The summed E-state index contributed by atoms with van der Waals surface area (Å²) in [6, 6.07) is 5.55. The second kappa shape index (κ2) is 4.39. The quantitative estimate of drug-likeness (QED) is 0.748. The first-order valence-electron chi connectivity index (χ1n) is 4.85. The molecule has 0 aliphatic rings. The van der Waals surface area contributed by atoms with Crippen molar-refractivity contribution in [1.82, 2.24) is 0 Å². The summed E-state index contributed by atoms with van der Waals surface area (Å²) in [6.07, 6.45) is 1.02. The van der Waals surface area contributed by atoms with Crippen molar-refractivity contribution in [3.63, 3.8) is 0 Å². The van der Waals surface area contributed by atoms with Gasteiger partial charge in [0.05, 0.1) is 11.5 Å². The van der Waals surface area contributed by atoms with Gasteiger partial charge in [-0.15, -0.1) is 0 Å². The number of nitrogens with zero attached hydrogens (tertiary/aromatic N) is 1. The molecule has 1 aromatic rings. The van der Waals surface area contributed by atoms with Crippen LogP contribution in [0.2, 0.25) is 0 Å². The van der Waals surface area contributed by atoms with Crippen molar-refractivity contribution >= 4 is 0 Å². The van der Waals surface area contributed by atoms with Gasteiger partial charge in [-0.3, -0.25) is 0 Å². The number of halogens is 2. The highest BCUT2D eigenvalue weighted by atomic mass is 19.1. The third kappa shape index (κ3) is 3.02. The van der Waals surface area contributed by atoms with Crippen LogP contribution in [0.4, 0.5) is 8.78 Å². The van der Waals surface area contributed by atoms with Crippen LogP contribution in [0.15, 0.2) is 18.2 Å². The summed E-state index contributed by atoms with van der Waals surface area (Å²) >= 11 is 0. The summed E-state index contributed by atoms with van der Waals surface area (Å²) < 4.78 is 25.8. The maximum absolute atomic E-state index is 12.9. The topological polar surface area (TPSA) is 23.8 Å². The van der Waals surface area contributed by atoms with E-state index in [-0.39, 0.29) is 0 Å². The van der Waals surface area contributed by atoms with Crippen LogP contribution in [0.25, 0.3) is 0 Å². The Labute approximate surface area is 88.3 Å². The van der Waals surface area contributed by atoms with Gasteiger partial charge in [0.15, 0.2) is 0 Å². The highest BCUT2D eigenvalue weighted by Gasteiger charge is 2.22. The Bertz CT molecular complexity index is 375. The molecular weight excluding hydrogens is 196 g/mol. The van der Waals surface area contributed by atoms with Gasteiger partial charge in [0, 0.05) is 6.07 Å². The van der Waals surface area contributed by atoms with E-state index in [0.717, 1.165) is 6.07 Å². The van der Waals surface area contributed by atoms with Gasteiger partial charge in [-0.25, -0.2) is 8.78 Å². The molecule has 0 heterocycles. The lowest BCUT2D eigenvalue weighted by atomic mass is 9.83. The molecule has 0 radical (unpaired) electrons. The standard InChI is InChI=1S/C12H13F2N/c1-3-12(2,8-15)7-9-4-10(13)6-11(14)5-9/h4-6H,3,7H2,1-2H3. The SMILES string of the molecule is CCC(C)(C#N)Cc1cc(F)cc(F)c1. The number of nitriles is 1. The Morgan fingerprint density at radius 3 is 2.20 bits per heavy atom. The molecule has 0 aliphatic heterocycles. The fourth-order valence-corrected chi connectivity index (χ4v) is 1.41. The van der Waals surface area contributed by atoms with E-state index in [1.54, 1.807) is 6.92 Å². The average Bonchev–Trinajstić information content (AvgIpc) is 2.16. The summed E-state index contributed by atoms with van der Waals surface area (Å²) in [7, 11) is 0. The molecule has 1 nitrogen and oxygen atoms in total. The molecule has 0 amide bonds. The van der Waals surface area contributed by atoms with Crippen LogP contribution in [0.1, 0.15) is 25.8 Å². The lowest BCUT2D eigenvalue weighted by molar-refractivity contribution is 0.420. The third-order valence-corrected chi connectivity index (χ3v) is 2.57. The number of hydrogen-bond acceptors (Lipinski definition) is 1. The van der Waals surface area contributed by atoms with Gasteiger partial charge < -0.3 is 0 Å². The monoisotopic (exact) mass is 209 g/mol. The molecular formula is C12H13F2N. The van der Waals surface area contributed by atoms with Crippen molar-refractivity contribution in [2.45, 2.75) is 26.7 Å². The molecule has 1 aromatic carbocycles. The molecule has 1 atom stereocenters. The predicted octanol–water partition coefficient (Wildman–Crippen LogP) is 3.45. The summed E-state index contributed by atoms with van der Waals surface area (Å²) in [4.78, 5) is 0. The van der Waals surface area contributed by atoms with E-state index in [0.29, 0.717) is 18.4 Å². The molecule has 0 aromatic heterocycles. The summed E-state index contributed by atoms with van der Waals surface area (Å²) in [5, 5.41) is 8.95. The third-order valence-electron chi connectivity index (χ3n) is 2.57. The van der Waals surface area contributed by atoms with Crippen LogP contribution >= 0.6 is 0 Å². The molecule has 15 heavy (non-hydrogen) atoms. The van der Waals surface area contributed by atoms with E-state index in [1.807, 2.05) is 6.92 Å². The smallest absolute Gasteiger partial charge is 0.126 e. The second-order valence-corrected chi connectivity index (χ2v) is 3.98. The molecule has 0 fully saturated rings. The zero-order valence-electron chi connectivity index (χ0n) is 8.85. The van der Waals surface area contributed by atoms with E-state index < -0.39 is 17.0 Å². The fraction of sp³-hybridized carbons (Fsp3) is 0.417. The van der Waals surface area contributed by atoms with Gasteiger partial charge in [-0.2, -0.15) is 5.26 Å². The summed E-state index contributed by atoms with van der Waals surface area (Å²) in [6.45, 7) is 3.68. The maximum Gasteiger partial charge on any atom is 0.126 e. The number of rotatable bonds is 3. The van der Waals surface area contributed by atoms with Gasteiger partial charge in [0.2, 0.25) is 0 Å². The van der Waals surface area contributed by atoms with E-state index in [9.17, 15) is 8.78 Å². The van der Waals surface area contributed by atoms with E-state index >= 15 is 0 Å². The van der Waals surface area contributed by atoms with Crippen LogP contribution in [0.5, 0.6) is 0 Å². The van der Waals surface area contributed by atoms with Crippen molar-refractivity contribution in [3.05, 3.63) is 35.4 Å². The van der Waals surface area contributed by atoms with Crippen molar-refractivity contribution in [2.24, 2.45) is 5.41 Å². The minimum Gasteiger partial charge on any atom is -0.207 e. The first-order chi connectivity index (χ1) is 6.99. The van der Waals surface area contributed by atoms with Crippen LogP contribution in [-0.4, -0.2) is 0 Å². The number of hydrogen-bond donors (Lipinski definition) is 0. The first kappa shape index (κ1) is 11.6. The Hall–Kier alpha value is -1.43. The van der Waals surface area contributed by atoms with Gasteiger partial charge in [0.1, 0.15) is 11.6 Å². The van der Waals surface area contributed by atoms with Crippen molar-refractivity contribution in [1.29, 1.82) is 5.26 Å². The molecule has 0 spiro atoms. The van der Waals surface area contributed by atoms with Crippen LogP contribution in [-0.2, 0) is 6.42 Å². The summed E-state index contributed by atoms with van der Waals surface area (Å²) in [5.74, 6) is -1.19. The fourth-order valence-electron chi connectivity index (χ4n) is 1.41. The van der Waals surface area contributed by atoms with Gasteiger partial charge in [-0.1, -0.05) is 6.92 Å². The normalized spacial score (nSPS) is 14.3. The van der Waals surface area contributed by atoms with Crippen LogP contribution in [0.3, 0.4) is 0 Å². The van der Waals surface area contributed by atoms with Crippen LogP contribution < -0.4 is 0 Å². The molecule has 0 saturated carbocycles. The van der Waals surface area contributed by atoms with Gasteiger partial charge >= 0.3 is 0 Å². The summed E-state index contributed by atoms with van der Waals surface area (Å²) in [5.41, 5.74) is -0.0290. The van der Waals surface area contributed by atoms with Crippen molar-refractivity contribution < 1.29 is 8.78 Å². The Morgan fingerprint density at radius 1 is 1.27 bits per heavy atom.